The molecule has 0 atom stereocenters. The quantitative estimate of drug-likeness (QED) is 0.788. The second-order valence-corrected chi connectivity index (χ2v) is 7.13. The molecule has 0 saturated carbocycles. The third-order valence-electron chi connectivity index (χ3n) is 4.46. The molecule has 0 fully saturated rings. The van der Waals surface area contributed by atoms with Gasteiger partial charge >= 0.3 is 12.1 Å². The molecule has 0 saturated heterocycles. The number of carbonyl (C=O) groups excluding carboxylic acids is 3. The van der Waals surface area contributed by atoms with Crippen LogP contribution in [0.3, 0.4) is 0 Å². The minimum Gasteiger partial charge on any atom is -0.497 e. The Labute approximate surface area is 166 Å². The van der Waals surface area contributed by atoms with Gasteiger partial charge in [-0.1, -0.05) is 0 Å². The normalized spacial score (nSPS) is 12.8. The van der Waals surface area contributed by atoms with E-state index in [0.717, 1.165) is 10.4 Å². The first-order valence-corrected chi connectivity index (χ1v) is 9.31. The Balaban J connectivity index is 1.89. The Kier molecular flexibility index (Phi) is 5.84. The number of nitrogens with zero attached hydrogens (tertiary/aromatic N) is 1. The summed E-state index contributed by atoms with van der Waals surface area (Å²) in [5, 5.41) is 3.20. The topological polar surface area (TPSA) is 94.2 Å². The fourth-order valence-electron chi connectivity index (χ4n) is 3.01. The molecule has 1 aliphatic rings. The number of anilines is 1. The van der Waals surface area contributed by atoms with Gasteiger partial charge in [0, 0.05) is 17.0 Å². The van der Waals surface area contributed by atoms with Gasteiger partial charge in [-0.05, 0) is 36.2 Å². The van der Waals surface area contributed by atoms with Crippen molar-refractivity contribution in [3.63, 3.8) is 0 Å². The van der Waals surface area contributed by atoms with Crippen LogP contribution in [0.4, 0.5) is 9.80 Å². The molecular weight excluding hydrogens is 384 g/mol. The fourth-order valence-corrected chi connectivity index (χ4v) is 4.26. The maximum Gasteiger partial charge on any atom is 0.409 e. The Bertz CT molecular complexity index is 906. The number of benzene rings is 1. The molecule has 1 N–H and O–H groups in total. The largest absolute Gasteiger partial charge is 0.497 e. The second-order valence-electron chi connectivity index (χ2n) is 6.02. The lowest BCUT2D eigenvalue weighted by atomic mass is 10.0. The summed E-state index contributed by atoms with van der Waals surface area (Å²) in [6.45, 7) is 0.737. The summed E-state index contributed by atoms with van der Waals surface area (Å²) in [5.41, 5.74) is 1.56. The van der Waals surface area contributed by atoms with Crippen molar-refractivity contribution < 1.29 is 28.6 Å². The summed E-state index contributed by atoms with van der Waals surface area (Å²) in [7, 11) is 4.17. The average Bonchev–Trinajstić information content (AvgIpc) is 3.09. The van der Waals surface area contributed by atoms with E-state index in [9.17, 15) is 14.4 Å². The third-order valence-corrected chi connectivity index (χ3v) is 5.59. The van der Waals surface area contributed by atoms with Crippen LogP contribution in [0, 0.1) is 0 Å². The first-order chi connectivity index (χ1) is 13.5. The van der Waals surface area contributed by atoms with Gasteiger partial charge in [-0.25, -0.2) is 9.59 Å². The van der Waals surface area contributed by atoms with Crippen LogP contribution in [0.2, 0.25) is 0 Å². The minimum atomic E-state index is -0.519. The summed E-state index contributed by atoms with van der Waals surface area (Å²) >= 11 is 1.26. The lowest BCUT2D eigenvalue weighted by Crippen LogP contribution is -2.35. The number of esters is 1. The van der Waals surface area contributed by atoms with Gasteiger partial charge in [0.15, 0.2) is 0 Å². The highest BCUT2D eigenvalue weighted by molar-refractivity contribution is 7.17. The molecule has 2 amide bonds. The molecule has 0 unspecified atom stereocenters. The van der Waals surface area contributed by atoms with Crippen molar-refractivity contribution in [3.8, 4) is 5.75 Å². The first-order valence-electron chi connectivity index (χ1n) is 8.49. The summed E-state index contributed by atoms with van der Waals surface area (Å²) < 4.78 is 14.8. The standard InChI is InChI=1S/C19H20N2O6S/c1-25-12-6-4-11(5-7-12)16(22)20-17-15(18(23)26-2)13-8-9-21(19(24)27-3)10-14(13)28-17/h4-7H,8-10H2,1-3H3,(H,20,22). The number of nitrogens with one attached hydrogen (secondary N) is 1. The molecule has 8 nitrogen and oxygen atoms in total. The Hall–Kier alpha value is -3.07. The summed E-state index contributed by atoms with van der Waals surface area (Å²) in [4.78, 5) is 39.2. The van der Waals surface area contributed by atoms with Gasteiger partial charge in [0.05, 0.1) is 33.4 Å². The van der Waals surface area contributed by atoms with Gasteiger partial charge in [-0.2, -0.15) is 0 Å². The number of hydrogen-bond donors (Lipinski definition) is 1. The lowest BCUT2D eigenvalue weighted by molar-refractivity contribution is 0.0600. The van der Waals surface area contributed by atoms with Crippen molar-refractivity contribution in [2.75, 3.05) is 33.2 Å². The van der Waals surface area contributed by atoms with E-state index in [1.807, 2.05) is 0 Å². The second kappa shape index (κ2) is 8.30. The lowest BCUT2D eigenvalue weighted by Gasteiger charge is -2.25. The molecule has 148 valence electrons. The molecular formula is C19H20N2O6S. The van der Waals surface area contributed by atoms with Crippen molar-refractivity contribution in [3.05, 3.63) is 45.8 Å². The molecule has 2 heterocycles. The maximum absolute atomic E-state index is 12.6. The first kappa shape index (κ1) is 19.7. The van der Waals surface area contributed by atoms with Gasteiger partial charge in [-0.3, -0.25) is 4.79 Å². The van der Waals surface area contributed by atoms with Crippen LogP contribution in [0.15, 0.2) is 24.3 Å². The zero-order valence-corrected chi connectivity index (χ0v) is 16.6. The summed E-state index contributed by atoms with van der Waals surface area (Å²) in [6.07, 6.45) is 0.0477. The average molecular weight is 404 g/mol. The fraction of sp³-hybridized carbons (Fsp3) is 0.316. The van der Waals surface area contributed by atoms with Crippen LogP contribution < -0.4 is 10.1 Å². The molecule has 0 bridgehead atoms. The van der Waals surface area contributed by atoms with Gasteiger partial charge in [-0.15, -0.1) is 11.3 Å². The molecule has 1 aromatic heterocycles. The molecule has 9 heteroatoms. The predicted octanol–water partition coefficient (Wildman–Crippen LogP) is 2.92. The third kappa shape index (κ3) is 3.79. The van der Waals surface area contributed by atoms with Crippen molar-refractivity contribution >= 4 is 34.3 Å². The highest BCUT2D eigenvalue weighted by atomic mass is 32.1. The molecule has 1 aliphatic heterocycles. The smallest absolute Gasteiger partial charge is 0.409 e. The number of fused-ring (bicyclic) bond motifs is 1. The Morgan fingerprint density at radius 1 is 1.07 bits per heavy atom. The van der Waals surface area contributed by atoms with Crippen molar-refractivity contribution in [2.45, 2.75) is 13.0 Å². The van der Waals surface area contributed by atoms with Crippen LogP contribution in [0.25, 0.3) is 0 Å². The van der Waals surface area contributed by atoms with Gasteiger partial charge in [0.2, 0.25) is 0 Å². The molecule has 1 aromatic carbocycles. The van der Waals surface area contributed by atoms with Crippen LogP contribution in [0.5, 0.6) is 5.75 Å². The number of rotatable bonds is 4. The van der Waals surface area contributed by atoms with Crippen LogP contribution in [-0.4, -0.2) is 50.7 Å². The molecule has 0 spiro atoms. The highest BCUT2D eigenvalue weighted by Crippen LogP contribution is 2.38. The predicted molar refractivity (Wildman–Crippen MR) is 103 cm³/mol. The van der Waals surface area contributed by atoms with E-state index in [-0.39, 0.29) is 5.91 Å². The van der Waals surface area contributed by atoms with Crippen LogP contribution in [-0.2, 0) is 22.4 Å². The van der Waals surface area contributed by atoms with E-state index >= 15 is 0 Å². The number of carbonyl (C=O) groups is 3. The van der Waals surface area contributed by atoms with Crippen molar-refractivity contribution in [1.82, 2.24) is 4.90 Å². The summed E-state index contributed by atoms with van der Waals surface area (Å²) in [6, 6.07) is 6.64. The van der Waals surface area contributed by atoms with Crippen molar-refractivity contribution in [1.29, 1.82) is 0 Å². The Morgan fingerprint density at radius 3 is 2.39 bits per heavy atom. The zero-order valence-electron chi connectivity index (χ0n) is 15.7. The van der Waals surface area contributed by atoms with E-state index in [4.69, 9.17) is 14.2 Å². The highest BCUT2D eigenvalue weighted by Gasteiger charge is 2.31. The molecule has 28 heavy (non-hydrogen) atoms. The number of amides is 2. The summed E-state index contributed by atoms with van der Waals surface area (Å²) in [5.74, 6) is -0.230. The molecule has 2 aromatic rings. The van der Waals surface area contributed by atoms with Crippen LogP contribution >= 0.6 is 11.3 Å². The van der Waals surface area contributed by atoms with Crippen molar-refractivity contribution in [2.24, 2.45) is 0 Å². The van der Waals surface area contributed by atoms with E-state index in [0.29, 0.717) is 41.4 Å². The van der Waals surface area contributed by atoms with Gasteiger partial charge in [0.25, 0.3) is 5.91 Å². The van der Waals surface area contributed by atoms with E-state index in [1.54, 1.807) is 36.3 Å². The number of ether oxygens (including phenoxy) is 3. The molecule has 0 radical (unpaired) electrons. The number of hydrogen-bond acceptors (Lipinski definition) is 7. The van der Waals surface area contributed by atoms with E-state index in [1.165, 1.54) is 25.6 Å². The monoisotopic (exact) mass is 404 g/mol. The van der Waals surface area contributed by atoms with E-state index in [2.05, 4.69) is 5.32 Å². The zero-order chi connectivity index (χ0) is 20.3. The SMILES string of the molecule is COC(=O)c1c(NC(=O)c2ccc(OC)cc2)sc2c1CCN(C(=O)OC)C2. The number of thiophene rings is 1. The molecule has 3 rings (SSSR count). The molecule has 0 aliphatic carbocycles. The maximum atomic E-state index is 12.6. The van der Waals surface area contributed by atoms with Gasteiger partial charge in [0.1, 0.15) is 10.8 Å². The van der Waals surface area contributed by atoms with Crippen LogP contribution in [0.1, 0.15) is 31.2 Å². The number of methoxy groups -OCH3 is 3. The van der Waals surface area contributed by atoms with Gasteiger partial charge < -0.3 is 24.4 Å². The van der Waals surface area contributed by atoms with E-state index < -0.39 is 12.1 Å². The Morgan fingerprint density at radius 2 is 1.79 bits per heavy atom. The minimum absolute atomic E-state index is 0.315.